The van der Waals surface area contributed by atoms with Crippen molar-refractivity contribution in [1.82, 2.24) is 14.6 Å². The second kappa shape index (κ2) is 7.67. The lowest BCUT2D eigenvalue weighted by atomic mass is 10.1. The van der Waals surface area contributed by atoms with Gasteiger partial charge < -0.3 is 19.6 Å². The molecule has 0 radical (unpaired) electrons. The topological polar surface area (TPSA) is 86.5 Å². The van der Waals surface area contributed by atoms with Crippen LogP contribution in [0.4, 0.5) is 0 Å². The number of benzene rings is 1. The summed E-state index contributed by atoms with van der Waals surface area (Å²) in [7, 11) is 0. The molecule has 0 spiro atoms. The van der Waals surface area contributed by atoms with E-state index in [1.165, 1.54) is 5.56 Å². The highest BCUT2D eigenvalue weighted by molar-refractivity contribution is 5.87. The first-order valence-electron chi connectivity index (χ1n) is 9.68. The van der Waals surface area contributed by atoms with Crippen LogP contribution in [0.3, 0.4) is 0 Å². The molecule has 3 heterocycles. The number of aromatic nitrogens is 2. The van der Waals surface area contributed by atoms with Gasteiger partial charge in [0.2, 0.25) is 5.91 Å². The van der Waals surface area contributed by atoms with Crippen LogP contribution < -0.4 is 10.5 Å². The van der Waals surface area contributed by atoms with E-state index < -0.39 is 0 Å². The van der Waals surface area contributed by atoms with E-state index in [0.29, 0.717) is 0 Å². The number of primary amides is 1. The van der Waals surface area contributed by atoms with Crippen LogP contribution in [-0.2, 0) is 17.9 Å². The quantitative estimate of drug-likeness (QED) is 0.708. The van der Waals surface area contributed by atoms with Gasteiger partial charge in [-0.1, -0.05) is 11.2 Å². The maximum atomic E-state index is 11.3. The monoisotopic (exact) mass is 382 g/mol. The first kappa shape index (κ1) is 18.6. The van der Waals surface area contributed by atoms with Gasteiger partial charge >= 0.3 is 0 Å². The summed E-state index contributed by atoms with van der Waals surface area (Å²) in [4.78, 5) is 13.7. The molecule has 1 aliphatic heterocycles. The highest BCUT2D eigenvalue weighted by Gasteiger charge is 2.23. The lowest BCUT2D eigenvalue weighted by Crippen LogP contribution is -2.38. The molecule has 1 aromatic carbocycles. The van der Waals surface area contributed by atoms with Crippen molar-refractivity contribution in [3.63, 3.8) is 0 Å². The molecule has 0 saturated carbocycles. The Morgan fingerprint density at radius 2 is 2.07 bits per heavy atom. The van der Waals surface area contributed by atoms with Crippen LogP contribution in [0.5, 0.6) is 5.75 Å². The Kier molecular flexibility index (Phi) is 5.09. The molecule has 148 valence electrons. The number of likely N-dealkylation sites (tertiary alicyclic amines) is 1. The number of hydrogen-bond acceptors (Lipinski definition) is 5. The fourth-order valence-electron chi connectivity index (χ4n) is 3.92. The van der Waals surface area contributed by atoms with Crippen LogP contribution >= 0.6 is 0 Å². The van der Waals surface area contributed by atoms with Crippen LogP contribution in [0, 0.1) is 13.8 Å². The average molecular weight is 382 g/mol. The number of nitrogens with zero attached hydrogens (tertiary/aromatic N) is 3. The van der Waals surface area contributed by atoms with E-state index in [1.54, 1.807) is 0 Å². The molecule has 28 heavy (non-hydrogen) atoms. The SMILES string of the molecule is Cc1noc(C)c1CN1CCC(Oc2cccc3c2ccn3CC(N)=O)CC1. The van der Waals surface area contributed by atoms with E-state index in [1.807, 2.05) is 48.9 Å². The molecule has 7 heteroatoms. The van der Waals surface area contributed by atoms with Crippen LogP contribution in [0.25, 0.3) is 10.9 Å². The van der Waals surface area contributed by atoms with Crippen molar-refractivity contribution < 1.29 is 14.1 Å². The Hall–Kier alpha value is -2.80. The lowest BCUT2D eigenvalue weighted by molar-refractivity contribution is -0.118. The molecule has 4 rings (SSSR count). The number of fused-ring (bicyclic) bond motifs is 1. The number of carbonyl (C=O) groups excluding carboxylic acids is 1. The van der Waals surface area contributed by atoms with Crippen molar-refractivity contribution in [2.24, 2.45) is 5.73 Å². The van der Waals surface area contributed by atoms with Crippen LogP contribution in [0.1, 0.15) is 29.9 Å². The fourth-order valence-corrected chi connectivity index (χ4v) is 3.92. The number of nitrogens with two attached hydrogens (primary N) is 1. The van der Waals surface area contributed by atoms with E-state index in [9.17, 15) is 4.79 Å². The Morgan fingerprint density at radius 1 is 1.29 bits per heavy atom. The second-order valence-corrected chi connectivity index (χ2v) is 7.49. The fraction of sp³-hybridized carbons (Fsp3) is 0.429. The predicted molar refractivity (Wildman–Crippen MR) is 106 cm³/mol. The Bertz CT molecular complexity index is 963. The maximum Gasteiger partial charge on any atom is 0.237 e. The summed E-state index contributed by atoms with van der Waals surface area (Å²) < 4.78 is 13.5. The highest BCUT2D eigenvalue weighted by Crippen LogP contribution is 2.29. The molecule has 0 unspecified atom stereocenters. The first-order chi connectivity index (χ1) is 13.5. The van der Waals surface area contributed by atoms with Gasteiger partial charge in [-0.05, 0) is 44.9 Å². The van der Waals surface area contributed by atoms with Crippen molar-refractivity contribution in [2.75, 3.05) is 13.1 Å². The molecule has 2 N–H and O–H groups in total. The van der Waals surface area contributed by atoms with Gasteiger partial charge in [-0.25, -0.2) is 0 Å². The minimum atomic E-state index is -0.352. The summed E-state index contributed by atoms with van der Waals surface area (Å²) in [5.41, 5.74) is 8.47. The standard InChI is InChI=1S/C21H26N4O3/c1-14-18(15(2)28-23-14)12-24-9-6-16(7-10-24)27-20-5-3-4-19-17(20)8-11-25(19)13-21(22)26/h3-5,8,11,16H,6-7,9-10,12-13H2,1-2H3,(H2,22,26). The van der Waals surface area contributed by atoms with Crippen molar-refractivity contribution in [1.29, 1.82) is 0 Å². The number of ether oxygens (including phenoxy) is 1. The van der Waals surface area contributed by atoms with E-state index in [-0.39, 0.29) is 18.6 Å². The third-order valence-electron chi connectivity index (χ3n) is 5.49. The normalized spacial score (nSPS) is 15.9. The predicted octanol–water partition coefficient (Wildman–Crippen LogP) is 2.77. The van der Waals surface area contributed by atoms with Crippen molar-refractivity contribution in [3.8, 4) is 5.75 Å². The molecule has 2 aromatic heterocycles. The van der Waals surface area contributed by atoms with Crippen LogP contribution in [0.2, 0.25) is 0 Å². The van der Waals surface area contributed by atoms with Gasteiger partial charge in [0.15, 0.2) is 0 Å². The number of hydrogen-bond donors (Lipinski definition) is 1. The molecular weight excluding hydrogens is 356 g/mol. The minimum absolute atomic E-state index is 0.174. The molecule has 0 aliphatic carbocycles. The zero-order valence-electron chi connectivity index (χ0n) is 16.4. The lowest BCUT2D eigenvalue weighted by Gasteiger charge is -2.32. The highest BCUT2D eigenvalue weighted by atomic mass is 16.5. The molecule has 0 atom stereocenters. The van der Waals surface area contributed by atoms with Gasteiger partial charge in [-0.15, -0.1) is 0 Å². The number of piperidine rings is 1. The van der Waals surface area contributed by atoms with Gasteiger partial charge in [0.1, 0.15) is 24.2 Å². The van der Waals surface area contributed by atoms with Gasteiger partial charge in [-0.2, -0.15) is 0 Å². The van der Waals surface area contributed by atoms with Crippen molar-refractivity contribution >= 4 is 16.8 Å². The van der Waals surface area contributed by atoms with E-state index >= 15 is 0 Å². The zero-order valence-corrected chi connectivity index (χ0v) is 16.4. The molecule has 1 fully saturated rings. The Balaban J connectivity index is 1.40. The minimum Gasteiger partial charge on any atom is -0.490 e. The zero-order chi connectivity index (χ0) is 19.7. The largest absolute Gasteiger partial charge is 0.490 e. The molecule has 1 aliphatic rings. The summed E-state index contributed by atoms with van der Waals surface area (Å²) in [6, 6.07) is 7.92. The smallest absolute Gasteiger partial charge is 0.237 e. The number of carbonyl (C=O) groups is 1. The summed E-state index contributed by atoms with van der Waals surface area (Å²) >= 11 is 0. The summed E-state index contributed by atoms with van der Waals surface area (Å²) in [6.45, 7) is 6.97. The van der Waals surface area contributed by atoms with Gasteiger partial charge in [0.25, 0.3) is 0 Å². The molecule has 0 bridgehead atoms. The molecular formula is C21H26N4O3. The number of amides is 1. The number of aryl methyl sites for hydroxylation is 2. The van der Waals surface area contributed by atoms with Gasteiger partial charge in [-0.3, -0.25) is 9.69 Å². The Morgan fingerprint density at radius 3 is 2.75 bits per heavy atom. The second-order valence-electron chi connectivity index (χ2n) is 7.49. The third kappa shape index (κ3) is 3.75. The van der Waals surface area contributed by atoms with Crippen molar-refractivity contribution in [3.05, 3.63) is 47.5 Å². The summed E-state index contributed by atoms with van der Waals surface area (Å²) in [5, 5.41) is 5.06. The van der Waals surface area contributed by atoms with E-state index in [0.717, 1.165) is 60.6 Å². The van der Waals surface area contributed by atoms with E-state index in [4.69, 9.17) is 15.0 Å². The number of rotatable bonds is 6. The van der Waals surface area contributed by atoms with Gasteiger partial charge in [0, 0.05) is 36.8 Å². The van der Waals surface area contributed by atoms with E-state index in [2.05, 4.69) is 10.1 Å². The first-order valence-corrected chi connectivity index (χ1v) is 9.68. The Labute approximate surface area is 164 Å². The molecule has 1 amide bonds. The average Bonchev–Trinajstić information content (AvgIpc) is 3.22. The maximum absolute atomic E-state index is 11.3. The van der Waals surface area contributed by atoms with Crippen molar-refractivity contribution in [2.45, 2.75) is 45.9 Å². The summed E-state index contributed by atoms with van der Waals surface area (Å²) in [6.07, 6.45) is 4.02. The van der Waals surface area contributed by atoms with Crippen LogP contribution in [0.15, 0.2) is 35.0 Å². The third-order valence-corrected chi connectivity index (χ3v) is 5.49. The molecule has 1 saturated heterocycles. The molecule has 3 aromatic rings. The van der Waals surface area contributed by atoms with Gasteiger partial charge in [0.05, 0.1) is 11.2 Å². The molecule has 7 nitrogen and oxygen atoms in total. The summed E-state index contributed by atoms with van der Waals surface area (Å²) in [5.74, 6) is 1.42. The van der Waals surface area contributed by atoms with Crippen LogP contribution in [-0.4, -0.2) is 39.7 Å².